The average molecular weight is 799 g/mol. The molecular weight excluding hydrogens is 749 g/mol. The summed E-state index contributed by atoms with van der Waals surface area (Å²) >= 11 is 5.83. The monoisotopic (exact) mass is 798 g/mol. The molecule has 0 fully saturated rings. The smallest absolute Gasteiger partial charge is 0.378 e. The van der Waals surface area contributed by atoms with E-state index in [2.05, 4.69) is 36.3 Å². The van der Waals surface area contributed by atoms with Crippen molar-refractivity contribution in [1.29, 1.82) is 0 Å². The average Bonchev–Trinajstić information content (AvgIpc) is 3.83. The van der Waals surface area contributed by atoms with E-state index in [1.165, 1.54) is 30.6 Å². The second-order valence-electron chi connectivity index (χ2n) is 14.7. The minimum Gasteiger partial charge on any atom is -0.378 e. The molecule has 5 rings (SSSR count). The zero-order valence-corrected chi connectivity index (χ0v) is 32.9. The molecule has 302 valence electrons. The Morgan fingerprint density at radius 3 is 2.41 bits per heavy atom. The van der Waals surface area contributed by atoms with Crippen molar-refractivity contribution in [3.63, 3.8) is 0 Å². The molecule has 2 heterocycles. The van der Waals surface area contributed by atoms with E-state index in [4.69, 9.17) is 12.2 Å². The Bertz CT molecular complexity index is 2000. The molecule has 4 aromatic rings. The van der Waals surface area contributed by atoms with Crippen LogP contribution in [0.25, 0.3) is 10.9 Å². The van der Waals surface area contributed by atoms with Gasteiger partial charge in [0.15, 0.2) is 0 Å². The summed E-state index contributed by atoms with van der Waals surface area (Å²) in [4.78, 5) is 49.8. The molecule has 2 aromatic carbocycles. The predicted octanol–water partition coefficient (Wildman–Crippen LogP) is 5.96. The lowest BCUT2D eigenvalue weighted by Gasteiger charge is -2.40. The maximum absolute atomic E-state index is 14.8. The van der Waals surface area contributed by atoms with Crippen molar-refractivity contribution >= 4 is 45.8 Å². The Hall–Kier alpha value is -4.86. The van der Waals surface area contributed by atoms with Gasteiger partial charge < -0.3 is 26.3 Å². The van der Waals surface area contributed by atoms with Gasteiger partial charge in [0, 0.05) is 30.6 Å². The number of benzene rings is 2. The van der Waals surface area contributed by atoms with Gasteiger partial charge in [-0.25, -0.2) is 9.37 Å². The third-order valence-corrected chi connectivity index (χ3v) is 11.3. The quantitative estimate of drug-likeness (QED) is 0.0504. The zero-order valence-electron chi connectivity index (χ0n) is 32.1. The van der Waals surface area contributed by atoms with Crippen LogP contribution >= 0.6 is 12.2 Å². The first kappa shape index (κ1) is 42.3. The van der Waals surface area contributed by atoms with Gasteiger partial charge in [-0.1, -0.05) is 83.1 Å². The minimum absolute atomic E-state index is 0.0534. The number of para-hydroxylation sites is 1. The SMILES string of the molecule is CCC(C)[C@H](NC(=O)Cc1ccccc1F)C(=O)N[C@]1(C(=O)NC(C(=S)NCCCCn2cncn2)[C@@H](C)CC)CCc2[nH]c3c(C(F)(F)F)cccc3c2C1. The van der Waals surface area contributed by atoms with Crippen molar-refractivity contribution in [2.24, 2.45) is 11.8 Å². The van der Waals surface area contributed by atoms with Gasteiger partial charge in [0.1, 0.15) is 30.1 Å². The third kappa shape index (κ3) is 9.92. The van der Waals surface area contributed by atoms with Gasteiger partial charge in [-0.15, -0.1) is 0 Å². The van der Waals surface area contributed by atoms with Crippen LogP contribution in [0.2, 0.25) is 0 Å². The van der Waals surface area contributed by atoms with Gasteiger partial charge in [0.2, 0.25) is 17.7 Å². The van der Waals surface area contributed by atoms with E-state index in [0.29, 0.717) is 47.6 Å². The van der Waals surface area contributed by atoms with Crippen LogP contribution in [0.1, 0.15) is 82.2 Å². The summed E-state index contributed by atoms with van der Waals surface area (Å²) in [6.45, 7) is 8.79. The van der Waals surface area contributed by atoms with E-state index >= 15 is 0 Å². The van der Waals surface area contributed by atoms with Crippen LogP contribution in [0.4, 0.5) is 17.6 Å². The number of carbonyl (C=O) groups is 3. The summed E-state index contributed by atoms with van der Waals surface area (Å²) in [6.07, 6.45) is 1.01. The van der Waals surface area contributed by atoms with Crippen molar-refractivity contribution in [3.05, 3.63) is 83.3 Å². The molecule has 16 heteroatoms. The van der Waals surface area contributed by atoms with Crippen LogP contribution in [0.3, 0.4) is 0 Å². The number of hydrogen-bond acceptors (Lipinski definition) is 6. The number of alkyl halides is 3. The van der Waals surface area contributed by atoms with Crippen LogP contribution in [0.15, 0.2) is 55.1 Å². The molecule has 1 aliphatic rings. The number of carbonyl (C=O) groups excluding carboxylic acids is 3. The fourth-order valence-electron chi connectivity index (χ4n) is 7.17. The fraction of sp³-hybridized carbons (Fsp3) is 0.500. The van der Waals surface area contributed by atoms with Crippen molar-refractivity contribution in [2.45, 2.75) is 109 Å². The number of thiocarbonyl (C=S) groups is 1. The summed E-state index contributed by atoms with van der Waals surface area (Å²) in [5.41, 5.74) is -1.34. The lowest BCUT2D eigenvalue weighted by molar-refractivity contribution is -0.137. The molecule has 0 radical (unpaired) electrons. The summed E-state index contributed by atoms with van der Waals surface area (Å²) in [5, 5.41) is 16.6. The minimum atomic E-state index is -4.62. The molecule has 5 N–H and O–H groups in total. The summed E-state index contributed by atoms with van der Waals surface area (Å²) in [6, 6.07) is 8.04. The Balaban J connectivity index is 1.43. The molecule has 0 saturated heterocycles. The van der Waals surface area contributed by atoms with Crippen LogP contribution in [0.5, 0.6) is 0 Å². The van der Waals surface area contributed by atoms with Crippen LogP contribution in [0, 0.1) is 17.7 Å². The second kappa shape index (κ2) is 18.4. The highest BCUT2D eigenvalue weighted by Gasteiger charge is 2.47. The van der Waals surface area contributed by atoms with Crippen molar-refractivity contribution < 1.29 is 31.9 Å². The first-order valence-corrected chi connectivity index (χ1v) is 19.5. The number of aromatic amines is 1. The Kier molecular flexibility index (Phi) is 13.9. The molecule has 56 heavy (non-hydrogen) atoms. The zero-order chi connectivity index (χ0) is 40.6. The predicted molar refractivity (Wildman–Crippen MR) is 209 cm³/mol. The number of fused-ring (bicyclic) bond motifs is 3. The highest BCUT2D eigenvalue weighted by Crippen LogP contribution is 2.40. The fourth-order valence-corrected chi connectivity index (χ4v) is 7.56. The van der Waals surface area contributed by atoms with Crippen molar-refractivity contribution in [2.75, 3.05) is 6.54 Å². The molecule has 0 bridgehead atoms. The lowest BCUT2D eigenvalue weighted by Crippen LogP contribution is -2.67. The van der Waals surface area contributed by atoms with Gasteiger partial charge in [-0.05, 0) is 60.8 Å². The molecule has 0 spiro atoms. The Labute approximate surface area is 329 Å². The Morgan fingerprint density at radius 2 is 1.73 bits per heavy atom. The first-order valence-electron chi connectivity index (χ1n) is 19.1. The maximum Gasteiger partial charge on any atom is 0.418 e. The first-order chi connectivity index (χ1) is 26.7. The summed E-state index contributed by atoms with van der Waals surface area (Å²) < 4.78 is 58.5. The number of rotatable bonds is 17. The van der Waals surface area contributed by atoms with Crippen molar-refractivity contribution in [1.82, 2.24) is 41.0 Å². The molecule has 3 amide bonds. The number of nitrogens with zero attached hydrogens (tertiary/aromatic N) is 3. The van der Waals surface area contributed by atoms with E-state index < -0.39 is 58.8 Å². The van der Waals surface area contributed by atoms with Gasteiger partial charge in [-0.2, -0.15) is 18.3 Å². The van der Waals surface area contributed by atoms with Crippen LogP contribution < -0.4 is 21.3 Å². The number of halogens is 4. The number of hydrogen-bond donors (Lipinski definition) is 5. The highest BCUT2D eigenvalue weighted by atomic mass is 32.1. The lowest BCUT2D eigenvalue weighted by atomic mass is 9.78. The molecule has 0 saturated carbocycles. The standard InChI is InChI=1S/C40H50F4N8O3S/c1-5-24(3)33(49-32(53)20-26-12-7-8-15-30(26)41)36(54)51-39(17-16-31-28(21-39)27-13-11-14-29(35(27)48-31)40(42,43)44)38(55)50-34(25(4)6-2)37(56)46-18-9-10-19-52-23-45-22-47-52/h7-8,11-15,22-25,33-34,48H,5-6,9-10,16-21H2,1-4H3,(H,46,56)(H,49,53)(H,50,55)(H,51,54)/t24?,25-,33-,34?,39+/m0/s1. The van der Waals surface area contributed by atoms with Gasteiger partial charge >= 0.3 is 6.18 Å². The van der Waals surface area contributed by atoms with Gasteiger partial charge in [0.25, 0.3) is 0 Å². The topological polar surface area (TPSA) is 146 Å². The molecule has 2 aromatic heterocycles. The third-order valence-electron chi connectivity index (χ3n) is 10.9. The molecule has 0 aliphatic heterocycles. The van der Waals surface area contributed by atoms with Crippen LogP contribution in [-0.2, 0) is 46.4 Å². The van der Waals surface area contributed by atoms with E-state index in [0.717, 1.165) is 18.9 Å². The normalized spacial score (nSPS) is 17.6. The number of nitrogens with one attached hydrogen (secondary N) is 5. The summed E-state index contributed by atoms with van der Waals surface area (Å²) in [5.74, 6) is -2.82. The van der Waals surface area contributed by atoms with E-state index in [9.17, 15) is 31.9 Å². The number of aryl methyl sites for hydroxylation is 2. The molecule has 1 aliphatic carbocycles. The second-order valence-corrected chi connectivity index (χ2v) is 15.2. The Morgan fingerprint density at radius 1 is 1.00 bits per heavy atom. The number of H-pyrrole nitrogens is 1. The highest BCUT2D eigenvalue weighted by molar-refractivity contribution is 7.80. The molecule has 5 atom stereocenters. The molecule has 11 nitrogen and oxygen atoms in total. The molecule has 2 unspecified atom stereocenters. The van der Waals surface area contributed by atoms with Gasteiger partial charge in [-0.3, -0.25) is 19.1 Å². The number of aromatic nitrogens is 4. The largest absolute Gasteiger partial charge is 0.418 e. The number of unbranched alkanes of at least 4 members (excludes halogenated alkanes) is 1. The van der Waals surface area contributed by atoms with E-state index in [1.54, 1.807) is 30.1 Å². The maximum atomic E-state index is 14.8. The van der Waals surface area contributed by atoms with E-state index in [1.807, 2.05) is 20.8 Å². The number of amides is 3. The summed E-state index contributed by atoms with van der Waals surface area (Å²) in [7, 11) is 0. The van der Waals surface area contributed by atoms with Crippen LogP contribution in [-0.4, -0.2) is 66.6 Å². The molecular formula is C40H50F4N8O3S. The van der Waals surface area contributed by atoms with E-state index in [-0.39, 0.29) is 42.7 Å². The van der Waals surface area contributed by atoms with Crippen molar-refractivity contribution in [3.8, 4) is 0 Å². The van der Waals surface area contributed by atoms with Gasteiger partial charge in [0.05, 0.1) is 28.5 Å².